The van der Waals surface area contributed by atoms with E-state index in [-0.39, 0.29) is 18.0 Å². The Bertz CT molecular complexity index is 973. The molecule has 0 spiro atoms. The number of hydrogen-bond acceptors (Lipinski definition) is 3. The second kappa shape index (κ2) is 8.07. The Morgan fingerprint density at radius 3 is 2.07 bits per heavy atom. The van der Waals surface area contributed by atoms with Crippen LogP contribution in [0, 0.1) is 13.8 Å². The van der Waals surface area contributed by atoms with E-state index in [1.807, 2.05) is 0 Å². The number of carbonyl (C=O) groups is 1. The molecule has 0 fully saturated rings. The predicted molar refractivity (Wildman–Crippen MR) is 103 cm³/mol. The van der Waals surface area contributed by atoms with E-state index in [1.54, 1.807) is 39.8 Å². The molecule has 28 heavy (non-hydrogen) atoms. The molecule has 2 aromatic carbocycles. The minimum atomic E-state index is -4.41. The molecule has 2 aromatic rings. The van der Waals surface area contributed by atoms with Gasteiger partial charge in [-0.05, 0) is 68.1 Å². The summed E-state index contributed by atoms with van der Waals surface area (Å²) in [7, 11) is -3.27. The van der Waals surface area contributed by atoms with Gasteiger partial charge in [-0.15, -0.1) is 0 Å². The van der Waals surface area contributed by atoms with Gasteiger partial charge in [0.1, 0.15) is 0 Å². The highest BCUT2D eigenvalue weighted by atomic mass is 32.2. The van der Waals surface area contributed by atoms with E-state index in [1.165, 1.54) is 12.1 Å². The lowest BCUT2D eigenvalue weighted by Gasteiger charge is -2.14. The fraction of sp³-hybridized carbons (Fsp3) is 0.381. The summed E-state index contributed by atoms with van der Waals surface area (Å²) in [5.41, 5.74) is 2.18. The van der Waals surface area contributed by atoms with Crippen molar-refractivity contribution in [2.24, 2.45) is 0 Å². The van der Waals surface area contributed by atoms with E-state index in [0.717, 1.165) is 12.1 Å². The molecule has 0 aromatic heterocycles. The van der Waals surface area contributed by atoms with Crippen molar-refractivity contribution in [2.45, 2.75) is 51.3 Å². The molecule has 0 saturated heterocycles. The second-order valence-electron chi connectivity index (χ2n) is 7.24. The maximum Gasteiger partial charge on any atom is 0.416 e. The van der Waals surface area contributed by atoms with E-state index in [9.17, 15) is 26.4 Å². The molecule has 0 unspecified atom stereocenters. The van der Waals surface area contributed by atoms with Crippen LogP contribution >= 0.6 is 0 Å². The van der Waals surface area contributed by atoms with Crippen LogP contribution in [0.15, 0.2) is 36.4 Å². The third-order valence-corrected chi connectivity index (χ3v) is 6.85. The van der Waals surface area contributed by atoms with Gasteiger partial charge >= 0.3 is 6.18 Å². The summed E-state index contributed by atoms with van der Waals surface area (Å²) in [6, 6.07) is 7.88. The van der Waals surface area contributed by atoms with E-state index in [4.69, 9.17) is 0 Å². The number of carbonyl (C=O) groups excluding carboxylic acids is 1. The van der Waals surface area contributed by atoms with Gasteiger partial charge in [0.2, 0.25) is 0 Å². The molecule has 0 aliphatic rings. The third kappa shape index (κ3) is 5.22. The minimum absolute atomic E-state index is 0.0257. The standard InChI is InChI=1S/C21H23F3O3S/c1-13(2)28(26,27)12-17-9-15(4)19(10-14(17)3)20(25)11-16-5-7-18(8-6-16)21(22,23)24/h5-10,13H,11-12H2,1-4H3. The van der Waals surface area contributed by atoms with Gasteiger partial charge in [-0.2, -0.15) is 13.2 Å². The summed E-state index contributed by atoms with van der Waals surface area (Å²) in [6.45, 7) is 6.73. The lowest BCUT2D eigenvalue weighted by atomic mass is 9.95. The van der Waals surface area contributed by atoms with Crippen molar-refractivity contribution in [1.82, 2.24) is 0 Å². The zero-order chi connectivity index (χ0) is 21.3. The first-order chi connectivity index (χ1) is 12.8. The number of alkyl halides is 3. The van der Waals surface area contributed by atoms with Gasteiger partial charge in [0.05, 0.1) is 16.6 Å². The fourth-order valence-corrected chi connectivity index (χ4v) is 3.89. The van der Waals surface area contributed by atoms with Crippen molar-refractivity contribution in [3.8, 4) is 0 Å². The number of hydrogen-bond donors (Lipinski definition) is 0. The molecule has 0 aliphatic heterocycles. The van der Waals surface area contributed by atoms with Crippen LogP contribution < -0.4 is 0 Å². The molecule has 0 heterocycles. The third-order valence-electron chi connectivity index (χ3n) is 4.70. The molecular formula is C21H23F3O3S. The molecule has 0 atom stereocenters. The predicted octanol–water partition coefficient (Wildman–Crippen LogP) is 5.07. The van der Waals surface area contributed by atoms with Crippen LogP contribution in [-0.4, -0.2) is 19.5 Å². The zero-order valence-corrected chi connectivity index (χ0v) is 17.0. The fourth-order valence-electron chi connectivity index (χ4n) is 2.81. The Kier molecular flexibility index (Phi) is 6.38. The molecule has 0 aliphatic carbocycles. The average molecular weight is 412 g/mol. The number of sulfone groups is 1. The van der Waals surface area contributed by atoms with Crippen molar-refractivity contribution >= 4 is 15.6 Å². The largest absolute Gasteiger partial charge is 0.416 e. The minimum Gasteiger partial charge on any atom is -0.294 e. The van der Waals surface area contributed by atoms with E-state index in [2.05, 4.69) is 0 Å². The van der Waals surface area contributed by atoms with Crippen LogP contribution in [0.5, 0.6) is 0 Å². The van der Waals surface area contributed by atoms with Gasteiger partial charge in [0, 0.05) is 12.0 Å². The smallest absolute Gasteiger partial charge is 0.294 e. The van der Waals surface area contributed by atoms with Crippen LogP contribution in [-0.2, 0) is 28.2 Å². The van der Waals surface area contributed by atoms with Gasteiger partial charge in [-0.1, -0.05) is 18.2 Å². The summed E-state index contributed by atoms with van der Waals surface area (Å²) in [5, 5.41) is -0.492. The van der Waals surface area contributed by atoms with E-state index in [0.29, 0.717) is 27.8 Å². The maximum atomic E-state index is 12.6. The van der Waals surface area contributed by atoms with Crippen molar-refractivity contribution in [3.05, 3.63) is 69.8 Å². The molecule has 0 N–H and O–H groups in total. The highest BCUT2D eigenvalue weighted by molar-refractivity contribution is 7.91. The molecule has 0 bridgehead atoms. The monoisotopic (exact) mass is 412 g/mol. The first-order valence-corrected chi connectivity index (χ1v) is 10.5. The van der Waals surface area contributed by atoms with Gasteiger partial charge in [0.25, 0.3) is 0 Å². The first-order valence-electron chi connectivity index (χ1n) is 8.82. The molecule has 7 heteroatoms. The lowest BCUT2D eigenvalue weighted by Crippen LogP contribution is -2.17. The highest BCUT2D eigenvalue weighted by Crippen LogP contribution is 2.29. The van der Waals surface area contributed by atoms with Crippen LogP contribution in [0.25, 0.3) is 0 Å². The molecule has 152 valence electrons. The normalized spacial score (nSPS) is 12.4. The number of rotatable bonds is 6. The SMILES string of the molecule is Cc1cc(C(=O)Cc2ccc(C(F)(F)F)cc2)c(C)cc1CS(=O)(=O)C(C)C. The molecule has 3 nitrogen and oxygen atoms in total. The zero-order valence-electron chi connectivity index (χ0n) is 16.2. The van der Waals surface area contributed by atoms with Crippen LogP contribution in [0.1, 0.15) is 52.0 Å². The summed E-state index contributed by atoms with van der Waals surface area (Å²) in [6.07, 6.45) is -4.44. The van der Waals surface area contributed by atoms with Crippen molar-refractivity contribution < 1.29 is 26.4 Å². The Hall–Kier alpha value is -2.15. The first kappa shape index (κ1) is 22.1. The molecule has 2 rings (SSSR count). The van der Waals surface area contributed by atoms with Crippen LogP contribution in [0.2, 0.25) is 0 Å². The van der Waals surface area contributed by atoms with Crippen molar-refractivity contribution in [2.75, 3.05) is 0 Å². The number of halogens is 3. The number of aryl methyl sites for hydroxylation is 2. The quantitative estimate of drug-likeness (QED) is 0.623. The van der Waals surface area contributed by atoms with Crippen LogP contribution in [0.3, 0.4) is 0 Å². The summed E-state index contributed by atoms with van der Waals surface area (Å²) in [5.74, 6) is -0.316. The number of benzene rings is 2. The Morgan fingerprint density at radius 2 is 1.57 bits per heavy atom. The van der Waals surface area contributed by atoms with E-state index >= 15 is 0 Å². The summed E-state index contributed by atoms with van der Waals surface area (Å²) >= 11 is 0. The Morgan fingerprint density at radius 1 is 1.00 bits per heavy atom. The Balaban J connectivity index is 2.23. The second-order valence-corrected chi connectivity index (χ2v) is 9.80. The molecule has 0 radical (unpaired) electrons. The van der Waals surface area contributed by atoms with Crippen molar-refractivity contribution in [1.29, 1.82) is 0 Å². The molecular weight excluding hydrogens is 389 g/mol. The summed E-state index contributed by atoms with van der Waals surface area (Å²) < 4.78 is 62.3. The number of Topliss-reactive ketones (excluding diaryl/α,β-unsaturated/α-hetero) is 1. The van der Waals surface area contributed by atoms with Gasteiger partial charge in [-0.25, -0.2) is 8.42 Å². The maximum absolute atomic E-state index is 12.6. The van der Waals surface area contributed by atoms with Gasteiger partial charge < -0.3 is 0 Å². The topological polar surface area (TPSA) is 51.2 Å². The molecule has 0 saturated carbocycles. The lowest BCUT2D eigenvalue weighted by molar-refractivity contribution is -0.137. The van der Waals surface area contributed by atoms with Crippen molar-refractivity contribution in [3.63, 3.8) is 0 Å². The van der Waals surface area contributed by atoms with Gasteiger partial charge in [-0.3, -0.25) is 4.79 Å². The summed E-state index contributed by atoms with van der Waals surface area (Å²) in [4.78, 5) is 12.6. The van der Waals surface area contributed by atoms with Gasteiger partial charge in [0.15, 0.2) is 15.6 Å². The highest BCUT2D eigenvalue weighted by Gasteiger charge is 2.30. The average Bonchev–Trinajstić information content (AvgIpc) is 2.57. The Labute approximate surface area is 163 Å². The molecule has 0 amide bonds. The van der Waals surface area contributed by atoms with E-state index < -0.39 is 26.8 Å². The number of ketones is 1. The van der Waals surface area contributed by atoms with Crippen LogP contribution in [0.4, 0.5) is 13.2 Å².